The van der Waals surface area contributed by atoms with Crippen molar-refractivity contribution in [2.75, 3.05) is 25.1 Å². The van der Waals surface area contributed by atoms with Gasteiger partial charge in [0, 0.05) is 25.0 Å². The van der Waals surface area contributed by atoms with Gasteiger partial charge in [0.15, 0.2) is 0 Å². The second kappa shape index (κ2) is 5.08. The number of hydrogen-bond acceptors (Lipinski definition) is 5. The molecule has 2 N–H and O–H groups in total. The lowest BCUT2D eigenvalue weighted by Crippen LogP contribution is -2.37. The summed E-state index contributed by atoms with van der Waals surface area (Å²) >= 11 is 0. The van der Waals surface area contributed by atoms with Gasteiger partial charge in [-0.3, -0.25) is 0 Å². The van der Waals surface area contributed by atoms with Crippen molar-refractivity contribution >= 4 is 16.7 Å². The van der Waals surface area contributed by atoms with E-state index in [1.165, 1.54) is 0 Å². The number of nitrogens with one attached hydrogen (secondary N) is 1. The van der Waals surface area contributed by atoms with Gasteiger partial charge in [-0.2, -0.15) is 5.26 Å². The topological polar surface area (TPSA) is 78.2 Å². The Morgan fingerprint density at radius 2 is 2.30 bits per heavy atom. The first-order valence-electron chi connectivity index (χ1n) is 6.54. The van der Waals surface area contributed by atoms with Crippen LogP contribution in [0.15, 0.2) is 30.3 Å². The average Bonchev–Trinajstić information content (AvgIpc) is 2.91. The van der Waals surface area contributed by atoms with Gasteiger partial charge < -0.3 is 15.2 Å². The molecule has 102 valence electrons. The van der Waals surface area contributed by atoms with Gasteiger partial charge in [0.1, 0.15) is 17.5 Å². The fourth-order valence-corrected chi connectivity index (χ4v) is 2.32. The van der Waals surface area contributed by atoms with Crippen molar-refractivity contribution in [3.05, 3.63) is 35.9 Å². The van der Waals surface area contributed by atoms with Gasteiger partial charge >= 0.3 is 0 Å². The predicted molar refractivity (Wildman–Crippen MR) is 75.3 cm³/mol. The van der Waals surface area contributed by atoms with E-state index in [1.807, 2.05) is 24.3 Å². The number of rotatable bonds is 3. The molecule has 1 aliphatic heterocycles. The molecule has 0 amide bonds. The molecule has 5 nitrogen and oxygen atoms in total. The van der Waals surface area contributed by atoms with Gasteiger partial charge in [-0.25, -0.2) is 4.98 Å². The van der Waals surface area contributed by atoms with Gasteiger partial charge in [-0.1, -0.05) is 18.2 Å². The zero-order valence-electron chi connectivity index (χ0n) is 11.0. The molecule has 2 aromatic rings. The number of benzene rings is 1. The largest absolute Gasteiger partial charge is 0.386 e. The highest BCUT2D eigenvalue weighted by atomic mass is 16.5. The molecule has 0 radical (unpaired) electrons. The Bertz CT molecular complexity index is 672. The predicted octanol–water partition coefficient (Wildman–Crippen LogP) is 1.67. The summed E-state index contributed by atoms with van der Waals surface area (Å²) in [5.74, 6) is 0.506. The van der Waals surface area contributed by atoms with Gasteiger partial charge in [-0.05, 0) is 12.1 Å². The minimum atomic E-state index is -0.875. The number of nitriles is 1. The Labute approximate surface area is 116 Å². The molecule has 1 aromatic heterocycles. The Morgan fingerprint density at radius 3 is 3.05 bits per heavy atom. The van der Waals surface area contributed by atoms with E-state index in [2.05, 4.69) is 16.4 Å². The normalized spacial score (nSPS) is 21.8. The van der Waals surface area contributed by atoms with Crippen LogP contribution in [0.4, 0.5) is 5.82 Å². The van der Waals surface area contributed by atoms with Crippen LogP contribution in [0.5, 0.6) is 0 Å². The SMILES string of the molecule is N#Cc1cc2ccccc2nc1NCC1(O)CCOC1. The highest BCUT2D eigenvalue weighted by molar-refractivity contribution is 5.82. The van der Waals surface area contributed by atoms with Crippen LogP contribution in [0.1, 0.15) is 12.0 Å². The molecule has 1 aliphatic rings. The Hall–Kier alpha value is -2.16. The van der Waals surface area contributed by atoms with Crippen molar-refractivity contribution in [1.29, 1.82) is 5.26 Å². The van der Waals surface area contributed by atoms with Gasteiger partial charge in [0.25, 0.3) is 0 Å². The number of aromatic nitrogens is 1. The average molecular weight is 269 g/mol. The molecule has 2 heterocycles. The van der Waals surface area contributed by atoms with Gasteiger partial charge in [-0.15, -0.1) is 0 Å². The van der Waals surface area contributed by atoms with Gasteiger partial charge in [0.05, 0.1) is 17.7 Å². The third kappa shape index (κ3) is 2.44. The zero-order valence-corrected chi connectivity index (χ0v) is 11.0. The maximum absolute atomic E-state index is 10.2. The standard InChI is InChI=1S/C15H15N3O2/c16-8-12-7-11-3-1-2-4-13(11)18-14(12)17-9-15(19)5-6-20-10-15/h1-4,7,19H,5-6,9-10H2,(H,17,18). The second-order valence-electron chi connectivity index (χ2n) is 5.07. The quantitative estimate of drug-likeness (QED) is 0.886. The van der Waals surface area contributed by atoms with Crippen molar-refractivity contribution < 1.29 is 9.84 Å². The number of ether oxygens (including phenoxy) is 1. The van der Waals surface area contributed by atoms with Crippen LogP contribution < -0.4 is 5.32 Å². The van der Waals surface area contributed by atoms with Crippen LogP contribution in [0.2, 0.25) is 0 Å². The van der Waals surface area contributed by atoms with Crippen molar-refractivity contribution in [2.24, 2.45) is 0 Å². The van der Waals surface area contributed by atoms with E-state index >= 15 is 0 Å². The summed E-state index contributed by atoms with van der Waals surface area (Å²) in [5, 5.41) is 23.5. The molecule has 0 aliphatic carbocycles. The number of fused-ring (bicyclic) bond motifs is 1. The Morgan fingerprint density at radius 1 is 1.45 bits per heavy atom. The van der Waals surface area contributed by atoms with Gasteiger partial charge in [0.2, 0.25) is 0 Å². The maximum atomic E-state index is 10.2. The molecule has 5 heteroatoms. The van der Waals surface area contributed by atoms with Crippen LogP contribution in [0.3, 0.4) is 0 Å². The smallest absolute Gasteiger partial charge is 0.144 e. The second-order valence-corrected chi connectivity index (χ2v) is 5.07. The molecule has 1 atom stereocenters. The highest BCUT2D eigenvalue weighted by Crippen LogP contribution is 2.22. The maximum Gasteiger partial charge on any atom is 0.144 e. The van der Waals surface area contributed by atoms with E-state index in [9.17, 15) is 10.4 Å². The summed E-state index contributed by atoms with van der Waals surface area (Å²) in [6, 6.07) is 11.6. The van der Waals surface area contributed by atoms with Crippen molar-refractivity contribution in [1.82, 2.24) is 4.98 Å². The number of pyridine rings is 1. The number of para-hydroxylation sites is 1. The minimum absolute atomic E-state index is 0.315. The molecule has 1 fully saturated rings. The highest BCUT2D eigenvalue weighted by Gasteiger charge is 2.32. The number of anilines is 1. The summed E-state index contributed by atoms with van der Waals surface area (Å²) in [6.45, 7) is 1.21. The summed E-state index contributed by atoms with van der Waals surface area (Å²) < 4.78 is 5.20. The van der Waals surface area contributed by atoms with Crippen LogP contribution in [0.25, 0.3) is 10.9 Å². The molecule has 1 unspecified atom stereocenters. The zero-order chi connectivity index (χ0) is 14.0. The van der Waals surface area contributed by atoms with Crippen LogP contribution in [0, 0.1) is 11.3 Å². The molecular weight excluding hydrogens is 254 g/mol. The molecule has 1 aromatic carbocycles. The summed E-state index contributed by atoms with van der Waals surface area (Å²) in [4.78, 5) is 4.45. The molecule has 20 heavy (non-hydrogen) atoms. The van der Waals surface area contributed by atoms with E-state index in [1.54, 1.807) is 6.07 Å². The van der Waals surface area contributed by atoms with E-state index in [-0.39, 0.29) is 0 Å². The first kappa shape index (κ1) is 12.9. The Kier molecular flexibility index (Phi) is 3.26. The van der Waals surface area contributed by atoms with Crippen LogP contribution in [-0.4, -0.2) is 35.5 Å². The minimum Gasteiger partial charge on any atom is -0.386 e. The first-order valence-corrected chi connectivity index (χ1v) is 6.54. The molecule has 0 spiro atoms. The number of aliphatic hydroxyl groups is 1. The molecule has 0 saturated carbocycles. The van der Waals surface area contributed by atoms with E-state index in [4.69, 9.17) is 4.74 Å². The van der Waals surface area contributed by atoms with E-state index < -0.39 is 5.60 Å². The molecule has 3 rings (SSSR count). The summed E-state index contributed by atoms with van der Waals surface area (Å²) in [7, 11) is 0. The molecule has 0 bridgehead atoms. The van der Waals surface area contributed by atoms with Crippen molar-refractivity contribution in [3.63, 3.8) is 0 Å². The lowest BCUT2D eigenvalue weighted by atomic mass is 10.0. The number of hydrogen-bond donors (Lipinski definition) is 2. The summed E-state index contributed by atoms with van der Waals surface area (Å²) in [6.07, 6.45) is 0.593. The lowest BCUT2D eigenvalue weighted by molar-refractivity contribution is 0.0381. The number of nitrogens with zero attached hydrogens (tertiary/aromatic N) is 2. The monoisotopic (exact) mass is 269 g/mol. The van der Waals surface area contributed by atoms with Crippen molar-refractivity contribution in [3.8, 4) is 6.07 Å². The molecule has 1 saturated heterocycles. The van der Waals surface area contributed by atoms with Crippen molar-refractivity contribution in [2.45, 2.75) is 12.0 Å². The fraction of sp³-hybridized carbons (Fsp3) is 0.333. The lowest BCUT2D eigenvalue weighted by Gasteiger charge is -2.21. The third-order valence-corrected chi connectivity index (χ3v) is 3.51. The first-order chi connectivity index (χ1) is 9.70. The van der Waals surface area contributed by atoms with Crippen LogP contribution >= 0.6 is 0 Å². The fourth-order valence-electron chi connectivity index (χ4n) is 2.32. The van der Waals surface area contributed by atoms with E-state index in [0.717, 1.165) is 10.9 Å². The summed E-state index contributed by atoms with van der Waals surface area (Å²) in [5.41, 5.74) is 0.426. The Balaban J connectivity index is 1.88. The molecular formula is C15H15N3O2. The van der Waals surface area contributed by atoms with Crippen LogP contribution in [-0.2, 0) is 4.74 Å². The van der Waals surface area contributed by atoms with E-state index in [0.29, 0.717) is 37.6 Å². The third-order valence-electron chi connectivity index (χ3n) is 3.51.